The van der Waals surface area contributed by atoms with Crippen LogP contribution in [0.15, 0.2) is 18.2 Å². The molecule has 214 valence electrons. The van der Waals surface area contributed by atoms with Crippen LogP contribution in [-0.2, 0) is 26.2 Å². The van der Waals surface area contributed by atoms with Crippen LogP contribution in [0.2, 0.25) is 0 Å². The van der Waals surface area contributed by atoms with Gasteiger partial charge in [0.25, 0.3) is 0 Å². The molecule has 4 atom stereocenters. The highest BCUT2D eigenvalue weighted by Gasteiger charge is 2.27. The predicted molar refractivity (Wildman–Crippen MR) is 152 cm³/mol. The summed E-state index contributed by atoms with van der Waals surface area (Å²) >= 11 is 0. The third kappa shape index (κ3) is 12.5. The molecule has 0 bridgehead atoms. The van der Waals surface area contributed by atoms with E-state index in [1.54, 1.807) is 0 Å². The number of nitrogens with two attached hydrogens (primary N) is 1. The number of aliphatic hydroxyl groups excluding tert-OH is 1. The summed E-state index contributed by atoms with van der Waals surface area (Å²) in [5.41, 5.74) is 8.40. The van der Waals surface area contributed by atoms with Crippen molar-refractivity contribution in [2.45, 2.75) is 98.1 Å². The smallest absolute Gasteiger partial charge is 0.343 e. The molecule has 0 radical (unpaired) electrons. The monoisotopic (exact) mass is 542 g/mol. The summed E-state index contributed by atoms with van der Waals surface area (Å²) in [6, 6.07) is 5.74. The van der Waals surface area contributed by atoms with Crippen molar-refractivity contribution in [3.63, 3.8) is 0 Å². The zero-order valence-corrected chi connectivity index (χ0v) is 25.0. The van der Waals surface area contributed by atoms with Crippen LogP contribution in [-0.4, -0.2) is 49.4 Å². The van der Waals surface area contributed by atoms with Crippen molar-refractivity contribution >= 4 is 24.3 Å². The number of carbonyl (C=O) groups is 2. The van der Waals surface area contributed by atoms with E-state index < -0.39 is 18.1 Å². The van der Waals surface area contributed by atoms with Gasteiger partial charge in [0, 0.05) is 18.5 Å². The Morgan fingerprint density at radius 3 is 2.32 bits per heavy atom. The molecular formula is C29H51ClN2O5. The van der Waals surface area contributed by atoms with Crippen molar-refractivity contribution < 1.29 is 24.2 Å². The molecule has 0 fully saturated rings. The SMILES string of the molecule is CCCCNC(=O)C(C)C[C@H](O)[C@@H](N)C[C@H](Cc1ccc(C(C)(C)C)c(OCC(=O)OC)c1)C(C)C.Cl. The number of nitrogens with one attached hydrogen (secondary N) is 1. The second-order valence-corrected chi connectivity index (χ2v) is 11.4. The van der Waals surface area contributed by atoms with E-state index in [1.165, 1.54) is 7.11 Å². The molecule has 0 aliphatic rings. The van der Waals surface area contributed by atoms with Crippen molar-refractivity contribution in [2.24, 2.45) is 23.5 Å². The summed E-state index contributed by atoms with van der Waals surface area (Å²) in [5.74, 6) is 0.513. The molecule has 1 aromatic rings. The minimum Gasteiger partial charge on any atom is -0.482 e. The van der Waals surface area contributed by atoms with Gasteiger partial charge in [0.2, 0.25) is 5.91 Å². The van der Waals surface area contributed by atoms with Crippen LogP contribution in [0, 0.1) is 17.8 Å². The lowest BCUT2D eigenvalue weighted by Gasteiger charge is -2.29. The Morgan fingerprint density at radius 1 is 1.14 bits per heavy atom. The van der Waals surface area contributed by atoms with Gasteiger partial charge in [0.05, 0.1) is 13.2 Å². The summed E-state index contributed by atoms with van der Waals surface area (Å²) < 4.78 is 10.6. The van der Waals surface area contributed by atoms with Crippen LogP contribution in [0.3, 0.4) is 0 Å². The van der Waals surface area contributed by atoms with Gasteiger partial charge in [-0.05, 0) is 60.1 Å². The largest absolute Gasteiger partial charge is 0.482 e. The average Bonchev–Trinajstić information content (AvgIpc) is 2.81. The zero-order chi connectivity index (χ0) is 27.5. The molecule has 0 saturated heterocycles. The van der Waals surface area contributed by atoms with Gasteiger partial charge in [-0.2, -0.15) is 0 Å². The van der Waals surface area contributed by atoms with Crippen molar-refractivity contribution in [3.8, 4) is 5.75 Å². The number of unbranched alkanes of at least 4 members (excludes halogenated alkanes) is 1. The average molecular weight is 543 g/mol. The van der Waals surface area contributed by atoms with Crippen LogP contribution >= 0.6 is 12.4 Å². The van der Waals surface area contributed by atoms with Gasteiger partial charge in [0.1, 0.15) is 5.75 Å². The number of amides is 1. The third-order valence-electron chi connectivity index (χ3n) is 6.81. The Balaban J connectivity index is 0.0000130. The lowest BCUT2D eigenvalue weighted by Crippen LogP contribution is -2.41. The van der Waals surface area contributed by atoms with Crippen LogP contribution in [0.4, 0.5) is 0 Å². The maximum absolute atomic E-state index is 12.3. The normalized spacial score (nSPS) is 14.8. The second kappa shape index (κ2) is 16.9. The van der Waals surface area contributed by atoms with Crippen LogP contribution in [0.5, 0.6) is 5.75 Å². The van der Waals surface area contributed by atoms with Gasteiger partial charge in [0.15, 0.2) is 6.61 Å². The second-order valence-electron chi connectivity index (χ2n) is 11.4. The molecule has 0 saturated carbocycles. The molecule has 1 amide bonds. The fourth-order valence-corrected chi connectivity index (χ4v) is 4.24. The van der Waals surface area contributed by atoms with E-state index in [9.17, 15) is 14.7 Å². The van der Waals surface area contributed by atoms with Crippen molar-refractivity contribution in [3.05, 3.63) is 29.3 Å². The van der Waals surface area contributed by atoms with Gasteiger partial charge in [-0.1, -0.05) is 67.0 Å². The quantitative estimate of drug-likeness (QED) is 0.217. The van der Waals surface area contributed by atoms with Crippen LogP contribution in [0.1, 0.15) is 85.3 Å². The van der Waals surface area contributed by atoms with Gasteiger partial charge >= 0.3 is 5.97 Å². The molecule has 37 heavy (non-hydrogen) atoms. The van der Waals surface area contributed by atoms with Gasteiger partial charge in [-0.25, -0.2) is 4.79 Å². The number of rotatable bonds is 15. The Morgan fingerprint density at radius 2 is 1.78 bits per heavy atom. The molecular weight excluding hydrogens is 492 g/mol. The lowest BCUT2D eigenvalue weighted by atomic mass is 9.81. The molecule has 0 aliphatic carbocycles. The number of methoxy groups -OCH3 is 1. The van der Waals surface area contributed by atoms with Crippen LogP contribution < -0.4 is 15.8 Å². The molecule has 8 heteroatoms. The summed E-state index contributed by atoms with van der Waals surface area (Å²) in [6.45, 7) is 15.1. The number of halogens is 1. The third-order valence-corrected chi connectivity index (χ3v) is 6.81. The number of carbonyl (C=O) groups excluding carboxylic acids is 2. The van der Waals surface area contributed by atoms with E-state index in [0.717, 1.165) is 30.4 Å². The minimum atomic E-state index is -0.750. The highest BCUT2D eigenvalue weighted by atomic mass is 35.5. The number of hydrogen-bond acceptors (Lipinski definition) is 6. The van der Waals surface area contributed by atoms with E-state index in [4.69, 9.17) is 15.2 Å². The van der Waals surface area contributed by atoms with Crippen LogP contribution in [0.25, 0.3) is 0 Å². The van der Waals surface area contributed by atoms with E-state index in [0.29, 0.717) is 31.1 Å². The summed E-state index contributed by atoms with van der Waals surface area (Å²) in [6.07, 6.45) is 2.97. The Kier molecular flexibility index (Phi) is 16.1. The molecule has 4 N–H and O–H groups in total. The Bertz CT molecular complexity index is 825. The van der Waals surface area contributed by atoms with E-state index >= 15 is 0 Å². The number of benzene rings is 1. The van der Waals surface area contributed by atoms with Crippen molar-refractivity contribution in [1.29, 1.82) is 0 Å². The topological polar surface area (TPSA) is 111 Å². The van der Waals surface area contributed by atoms with Gasteiger partial charge in [-0.15, -0.1) is 12.4 Å². The molecule has 0 heterocycles. The van der Waals surface area contributed by atoms with Crippen molar-refractivity contribution in [2.75, 3.05) is 20.3 Å². The first-order chi connectivity index (χ1) is 16.8. The number of ether oxygens (including phenoxy) is 2. The zero-order valence-electron chi connectivity index (χ0n) is 24.1. The van der Waals surface area contributed by atoms with Gasteiger partial charge in [-0.3, -0.25) is 4.79 Å². The molecule has 1 unspecified atom stereocenters. The van der Waals surface area contributed by atoms with Crippen molar-refractivity contribution in [1.82, 2.24) is 5.32 Å². The number of esters is 1. The number of hydrogen-bond donors (Lipinski definition) is 3. The molecule has 0 aliphatic heterocycles. The van der Waals surface area contributed by atoms with E-state index in [1.807, 2.05) is 13.0 Å². The maximum Gasteiger partial charge on any atom is 0.343 e. The molecule has 7 nitrogen and oxygen atoms in total. The van der Waals surface area contributed by atoms with E-state index in [2.05, 4.69) is 59.0 Å². The Labute approximate surface area is 230 Å². The summed E-state index contributed by atoms with van der Waals surface area (Å²) in [5, 5.41) is 13.7. The lowest BCUT2D eigenvalue weighted by molar-refractivity contribution is -0.143. The number of aliphatic hydroxyl groups is 1. The van der Waals surface area contributed by atoms with Gasteiger partial charge < -0.3 is 25.6 Å². The molecule has 0 aromatic heterocycles. The summed E-state index contributed by atoms with van der Waals surface area (Å²) in [7, 11) is 1.34. The Hall–Kier alpha value is -1.83. The fraction of sp³-hybridized carbons (Fsp3) is 0.724. The summed E-state index contributed by atoms with van der Waals surface area (Å²) in [4.78, 5) is 23.9. The highest BCUT2D eigenvalue weighted by Crippen LogP contribution is 2.34. The molecule has 0 spiro atoms. The minimum absolute atomic E-state index is 0. The first-order valence-corrected chi connectivity index (χ1v) is 13.3. The predicted octanol–water partition coefficient (Wildman–Crippen LogP) is 4.79. The van der Waals surface area contributed by atoms with E-state index in [-0.39, 0.29) is 42.2 Å². The fourth-order valence-electron chi connectivity index (χ4n) is 4.24. The molecule has 1 rings (SSSR count). The highest BCUT2D eigenvalue weighted by molar-refractivity contribution is 5.85. The first-order valence-electron chi connectivity index (χ1n) is 13.3. The first kappa shape index (κ1) is 35.2. The maximum atomic E-state index is 12.3. The standard InChI is InChI=1S/C29H50N2O5.ClH/c1-9-10-13-31-28(34)20(4)14-25(32)24(30)17-22(19(2)3)15-21-11-12-23(29(5,6)7)26(16-21)36-18-27(33)35-8;/h11-12,16,19-20,22,24-25,32H,9-10,13-15,17-18,30H2,1-8H3,(H,31,34);1H/t20?,22-,24-,25-;/m0./s1. The molecule has 1 aromatic carbocycles.